The van der Waals surface area contributed by atoms with Crippen LogP contribution < -0.4 is 16.4 Å². The first-order valence-corrected chi connectivity index (χ1v) is 9.28. The van der Waals surface area contributed by atoms with E-state index in [0.29, 0.717) is 22.3 Å². The van der Waals surface area contributed by atoms with Gasteiger partial charge in [0, 0.05) is 37.4 Å². The van der Waals surface area contributed by atoms with Crippen molar-refractivity contribution in [2.75, 3.05) is 32.2 Å². The van der Waals surface area contributed by atoms with Crippen LogP contribution in [0, 0.1) is 5.92 Å². The molecule has 8 nitrogen and oxygen atoms in total. The van der Waals surface area contributed by atoms with E-state index in [1.807, 2.05) is 7.05 Å². The van der Waals surface area contributed by atoms with Crippen molar-refractivity contribution in [1.82, 2.24) is 14.6 Å². The Balaban J connectivity index is 1.95. The number of anilines is 2. The maximum atomic E-state index is 12.3. The predicted octanol–water partition coefficient (Wildman–Crippen LogP) is 0.614. The highest BCUT2D eigenvalue weighted by Crippen LogP contribution is 2.32. The van der Waals surface area contributed by atoms with E-state index < -0.39 is 10.0 Å². The van der Waals surface area contributed by atoms with E-state index in [2.05, 4.69) is 15.6 Å². The summed E-state index contributed by atoms with van der Waals surface area (Å²) in [5, 5.41) is 7.07. The second-order valence-electron chi connectivity index (χ2n) is 6.32. The number of hydrogen-bond donors (Lipinski definition) is 3. The Hall–Kier alpha value is -2.23. The minimum absolute atomic E-state index is 0.0620. The minimum atomic E-state index is -3.60. The first-order valence-electron chi connectivity index (χ1n) is 7.84. The van der Waals surface area contributed by atoms with Crippen molar-refractivity contribution in [2.24, 2.45) is 5.92 Å². The third-order valence-electron chi connectivity index (χ3n) is 4.37. The number of pyridine rings is 1. The van der Waals surface area contributed by atoms with Gasteiger partial charge in [-0.05, 0) is 37.1 Å². The van der Waals surface area contributed by atoms with E-state index in [9.17, 15) is 13.2 Å². The highest BCUT2D eigenvalue weighted by Gasteiger charge is 2.41. The Morgan fingerprint density at radius 1 is 1.32 bits per heavy atom. The van der Waals surface area contributed by atoms with Crippen LogP contribution in [0.4, 0.5) is 11.5 Å². The summed E-state index contributed by atoms with van der Waals surface area (Å²) < 4.78 is 25.8. The summed E-state index contributed by atoms with van der Waals surface area (Å²) in [6.07, 6.45) is 2.34. The second-order valence-corrected chi connectivity index (χ2v) is 8.47. The van der Waals surface area contributed by atoms with E-state index in [4.69, 9.17) is 5.73 Å². The molecule has 1 aliphatic carbocycles. The molecule has 1 aliphatic rings. The molecule has 1 fully saturated rings. The standard InChI is InChI=1S/C16H21N5O3S/c1-18-14-7-11(14)16(22)20-15-5-9-4-10(25(23,24)21(2)3)6-13(17)12(9)8-19-15/h4-6,8,11,14,18H,7,17H2,1-3H3,(H,19,20,22)/t11-,14-/m0/s1. The van der Waals surface area contributed by atoms with Gasteiger partial charge in [0.15, 0.2) is 0 Å². The van der Waals surface area contributed by atoms with E-state index in [1.54, 1.807) is 6.07 Å². The van der Waals surface area contributed by atoms with Gasteiger partial charge in [-0.15, -0.1) is 0 Å². The summed E-state index contributed by atoms with van der Waals surface area (Å²) >= 11 is 0. The van der Waals surface area contributed by atoms with Gasteiger partial charge in [0.25, 0.3) is 0 Å². The Morgan fingerprint density at radius 3 is 2.64 bits per heavy atom. The Kier molecular flexibility index (Phi) is 4.40. The number of nitrogens with one attached hydrogen (secondary N) is 2. The summed E-state index contributed by atoms with van der Waals surface area (Å²) in [6.45, 7) is 0. The molecule has 4 N–H and O–H groups in total. The van der Waals surface area contributed by atoms with Gasteiger partial charge in [-0.1, -0.05) is 0 Å². The first kappa shape index (κ1) is 17.6. The largest absolute Gasteiger partial charge is 0.398 e. The monoisotopic (exact) mass is 363 g/mol. The molecule has 1 aromatic carbocycles. The van der Waals surface area contributed by atoms with Crippen LogP contribution in [-0.2, 0) is 14.8 Å². The number of hydrogen-bond acceptors (Lipinski definition) is 6. The molecule has 0 saturated heterocycles. The maximum absolute atomic E-state index is 12.3. The highest BCUT2D eigenvalue weighted by atomic mass is 32.2. The Bertz CT molecular complexity index is 942. The van der Waals surface area contributed by atoms with Gasteiger partial charge < -0.3 is 16.4 Å². The molecule has 134 valence electrons. The molecule has 3 rings (SSSR count). The van der Waals surface area contributed by atoms with Crippen LogP contribution in [0.15, 0.2) is 29.3 Å². The molecule has 25 heavy (non-hydrogen) atoms. The number of fused-ring (bicyclic) bond motifs is 1. The summed E-state index contributed by atoms with van der Waals surface area (Å²) in [6, 6.07) is 4.79. The quantitative estimate of drug-likeness (QED) is 0.670. The molecule has 0 aliphatic heterocycles. The molecule has 1 aromatic heterocycles. The molecule has 0 bridgehead atoms. The second kappa shape index (κ2) is 6.25. The third-order valence-corrected chi connectivity index (χ3v) is 6.16. The number of carbonyl (C=O) groups is 1. The SMILES string of the molecule is CN[C@H]1C[C@@H]1C(=O)Nc1cc2cc(S(=O)(=O)N(C)C)cc(N)c2cn1. The van der Waals surface area contributed by atoms with Crippen molar-refractivity contribution in [2.45, 2.75) is 17.4 Å². The molecule has 1 heterocycles. The normalized spacial score (nSPS) is 20.0. The zero-order valence-electron chi connectivity index (χ0n) is 14.3. The zero-order chi connectivity index (χ0) is 18.4. The average Bonchev–Trinajstić information content (AvgIpc) is 3.34. The topological polar surface area (TPSA) is 117 Å². The number of carbonyl (C=O) groups excluding carboxylic acids is 1. The van der Waals surface area contributed by atoms with Crippen molar-refractivity contribution in [3.63, 3.8) is 0 Å². The van der Waals surface area contributed by atoms with Crippen LogP contribution in [0.1, 0.15) is 6.42 Å². The fourth-order valence-electron chi connectivity index (χ4n) is 2.71. The van der Waals surface area contributed by atoms with Crippen LogP contribution >= 0.6 is 0 Å². The lowest BCUT2D eigenvalue weighted by Gasteiger charge is -2.13. The number of nitrogens with zero attached hydrogens (tertiary/aromatic N) is 2. The highest BCUT2D eigenvalue weighted by molar-refractivity contribution is 7.89. The van der Waals surface area contributed by atoms with Crippen LogP contribution in [-0.4, -0.2) is 50.8 Å². The van der Waals surface area contributed by atoms with Crippen LogP contribution in [0.5, 0.6) is 0 Å². The lowest BCUT2D eigenvalue weighted by Crippen LogP contribution is -2.22. The van der Waals surface area contributed by atoms with Gasteiger partial charge in [-0.2, -0.15) is 0 Å². The Labute approximate surface area is 146 Å². The van der Waals surface area contributed by atoms with Gasteiger partial charge in [-0.3, -0.25) is 4.79 Å². The molecule has 0 unspecified atom stereocenters. The zero-order valence-corrected chi connectivity index (χ0v) is 15.1. The van der Waals surface area contributed by atoms with E-state index in [1.165, 1.54) is 32.4 Å². The molecule has 0 spiro atoms. The smallest absolute Gasteiger partial charge is 0.242 e. The number of benzene rings is 1. The summed E-state index contributed by atoms with van der Waals surface area (Å²) in [4.78, 5) is 16.4. The van der Waals surface area contributed by atoms with Crippen LogP contribution in [0.2, 0.25) is 0 Å². The molecule has 2 atom stereocenters. The van der Waals surface area contributed by atoms with E-state index in [0.717, 1.165) is 10.7 Å². The van der Waals surface area contributed by atoms with Gasteiger partial charge in [0.05, 0.1) is 10.8 Å². The van der Waals surface area contributed by atoms with Crippen LogP contribution in [0.25, 0.3) is 10.8 Å². The number of aromatic nitrogens is 1. The summed E-state index contributed by atoms with van der Waals surface area (Å²) in [5.74, 6) is 0.210. The van der Waals surface area contributed by atoms with E-state index >= 15 is 0 Å². The number of rotatable bonds is 5. The molecule has 2 aromatic rings. The first-order chi connectivity index (χ1) is 11.7. The minimum Gasteiger partial charge on any atom is -0.398 e. The van der Waals surface area contributed by atoms with Crippen molar-refractivity contribution in [3.05, 3.63) is 24.4 Å². The summed E-state index contributed by atoms with van der Waals surface area (Å²) in [5.41, 5.74) is 6.30. The number of amides is 1. The van der Waals surface area contributed by atoms with Crippen molar-refractivity contribution in [3.8, 4) is 0 Å². The van der Waals surface area contributed by atoms with Gasteiger partial charge in [0.1, 0.15) is 5.82 Å². The van der Waals surface area contributed by atoms with Gasteiger partial charge in [-0.25, -0.2) is 17.7 Å². The van der Waals surface area contributed by atoms with Crippen molar-refractivity contribution < 1.29 is 13.2 Å². The van der Waals surface area contributed by atoms with Gasteiger partial charge >= 0.3 is 0 Å². The third kappa shape index (κ3) is 3.30. The lowest BCUT2D eigenvalue weighted by molar-refractivity contribution is -0.117. The van der Waals surface area contributed by atoms with Crippen LogP contribution in [0.3, 0.4) is 0 Å². The number of sulfonamides is 1. The molecular weight excluding hydrogens is 342 g/mol. The fraction of sp³-hybridized carbons (Fsp3) is 0.375. The van der Waals surface area contributed by atoms with Crippen molar-refractivity contribution >= 4 is 38.2 Å². The predicted molar refractivity (Wildman–Crippen MR) is 96.6 cm³/mol. The fourth-order valence-corrected chi connectivity index (χ4v) is 3.68. The number of nitrogen functional groups attached to an aromatic ring is 1. The van der Waals surface area contributed by atoms with Gasteiger partial charge in [0.2, 0.25) is 15.9 Å². The average molecular weight is 363 g/mol. The van der Waals surface area contributed by atoms with E-state index in [-0.39, 0.29) is 22.8 Å². The maximum Gasteiger partial charge on any atom is 0.242 e. The number of nitrogens with two attached hydrogens (primary N) is 1. The Morgan fingerprint density at radius 2 is 2.04 bits per heavy atom. The molecule has 1 amide bonds. The lowest BCUT2D eigenvalue weighted by atomic mass is 10.1. The molecule has 1 saturated carbocycles. The summed E-state index contributed by atoms with van der Waals surface area (Å²) in [7, 11) is 1.14. The molecule has 9 heteroatoms. The molecular formula is C16H21N5O3S. The molecule has 0 radical (unpaired) electrons. The van der Waals surface area contributed by atoms with Crippen molar-refractivity contribution in [1.29, 1.82) is 0 Å².